The normalized spacial score (nSPS) is 12.6. The summed E-state index contributed by atoms with van der Waals surface area (Å²) in [5.41, 5.74) is 2.71. The molecule has 0 unspecified atom stereocenters. The SMILES string of the molecule is CC[C@H](C)NC(=O)[C@@H](Cc1ccccc1)N(Cc1ccccc1)C(=O)CN(c1ccc(C)c(Cl)c1)S(=O)(=O)c1ccccc1. The third-order valence-corrected chi connectivity index (χ3v) is 9.72. The van der Waals surface area contributed by atoms with Gasteiger partial charge >= 0.3 is 0 Å². The third-order valence-electron chi connectivity index (χ3n) is 7.52. The zero-order valence-electron chi connectivity index (χ0n) is 25.2. The van der Waals surface area contributed by atoms with Gasteiger partial charge in [0.05, 0.1) is 10.6 Å². The van der Waals surface area contributed by atoms with Crippen LogP contribution in [0.4, 0.5) is 5.69 Å². The van der Waals surface area contributed by atoms with Gasteiger partial charge in [-0.15, -0.1) is 0 Å². The van der Waals surface area contributed by atoms with E-state index in [-0.39, 0.29) is 35.5 Å². The number of hydrogen-bond acceptors (Lipinski definition) is 4. The second-order valence-electron chi connectivity index (χ2n) is 10.8. The van der Waals surface area contributed by atoms with Gasteiger partial charge < -0.3 is 10.2 Å². The van der Waals surface area contributed by atoms with Crippen molar-refractivity contribution in [2.24, 2.45) is 0 Å². The molecule has 230 valence electrons. The van der Waals surface area contributed by atoms with Crippen LogP contribution in [0.25, 0.3) is 0 Å². The first kappa shape index (κ1) is 32.8. The van der Waals surface area contributed by atoms with Crippen molar-refractivity contribution in [3.05, 3.63) is 131 Å². The van der Waals surface area contributed by atoms with Crippen molar-refractivity contribution >= 4 is 39.1 Å². The summed E-state index contributed by atoms with van der Waals surface area (Å²) in [5.74, 6) is -0.825. The van der Waals surface area contributed by atoms with Gasteiger partial charge in [0.15, 0.2) is 0 Å². The molecule has 2 atom stereocenters. The molecule has 0 aliphatic rings. The second-order valence-corrected chi connectivity index (χ2v) is 13.1. The van der Waals surface area contributed by atoms with E-state index >= 15 is 0 Å². The molecule has 7 nitrogen and oxygen atoms in total. The van der Waals surface area contributed by atoms with Gasteiger partial charge in [-0.2, -0.15) is 0 Å². The topological polar surface area (TPSA) is 86.8 Å². The van der Waals surface area contributed by atoms with E-state index in [9.17, 15) is 18.0 Å². The van der Waals surface area contributed by atoms with Gasteiger partial charge in [-0.1, -0.05) is 103 Å². The minimum Gasteiger partial charge on any atom is -0.352 e. The van der Waals surface area contributed by atoms with Crippen LogP contribution in [0, 0.1) is 6.92 Å². The van der Waals surface area contributed by atoms with Gasteiger partial charge in [-0.05, 0) is 61.2 Å². The van der Waals surface area contributed by atoms with Crippen molar-refractivity contribution in [1.29, 1.82) is 0 Å². The summed E-state index contributed by atoms with van der Waals surface area (Å²) in [7, 11) is -4.19. The Morgan fingerprint density at radius 1 is 0.841 bits per heavy atom. The molecule has 0 radical (unpaired) electrons. The Labute approximate surface area is 265 Å². The van der Waals surface area contributed by atoms with Crippen molar-refractivity contribution in [3.63, 3.8) is 0 Å². The summed E-state index contributed by atoms with van der Waals surface area (Å²) in [6, 6.07) is 30.7. The number of rotatable bonds is 13. The highest BCUT2D eigenvalue weighted by Gasteiger charge is 2.35. The van der Waals surface area contributed by atoms with Gasteiger partial charge in [0.2, 0.25) is 11.8 Å². The zero-order valence-corrected chi connectivity index (χ0v) is 26.8. The van der Waals surface area contributed by atoms with Crippen molar-refractivity contribution in [2.45, 2.75) is 57.1 Å². The van der Waals surface area contributed by atoms with Crippen LogP contribution in [-0.4, -0.2) is 43.8 Å². The second kappa shape index (κ2) is 15.0. The highest BCUT2D eigenvalue weighted by Crippen LogP contribution is 2.29. The van der Waals surface area contributed by atoms with Crippen LogP contribution in [0.3, 0.4) is 0 Å². The minimum absolute atomic E-state index is 0.0365. The molecule has 4 aromatic carbocycles. The summed E-state index contributed by atoms with van der Waals surface area (Å²) in [4.78, 5) is 29.8. The van der Waals surface area contributed by atoms with E-state index in [4.69, 9.17) is 11.6 Å². The monoisotopic (exact) mass is 631 g/mol. The zero-order chi connectivity index (χ0) is 31.7. The molecule has 0 heterocycles. The number of sulfonamides is 1. The highest BCUT2D eigenvalue weighted by molar-refractivity contribution is 7.92. The van der Waals surface area contributed by atoms with Crippen LogP contribution >= 0.6 is 11.6 Å². The van der Waals surface area contributed by atoms with Crippen LogP contribution in [-0.2, 0) is 32.6 Å². The first-order valence-electron chi connectivity index (χ1n) is 14.6. The number of carbonyl (C=O) groups excluding carboxylic acids is 2. The maximum atomic E-state index is 14.5. The Hall–Kier alpha value is -4.14. The highest BCUT2D eigenvalue weighted by atomic mass is 35.5. The van der Waals surface area contributed by atoms with Gasteiger partial charge in [0, 0.05) is 24.0 Å². The fraction of sp³-hybridized carbons (Fsp3) is 0.257. The summed E-state index contributed by atoms with van der Waals surface area (Å²) < 4.78 is 29.2. The van der Waals surface area contributed by atoms with Crippen molar-refractivity contribution in [2.75, 3.05) is 10.8 Å². The lowest BCUT2D eigenvalue weighted by atomic mass is 10.0. The molecule has 0 fully saturated rings. The predicted octanol–water partition coefficient (Wildman–Crippen LogP) is 6.40. The van der Waals surface area contributed by atoms with E-state index < -0.39 is 28.5 Å². The smallest absolute Gasteiger partial charge is 0.264 e. The summed E-state index contributed by atoms with van der Waals surface area (Å²) >= 11 is 6.44. The number of amides is 2. The van der Waals surface area contributed by atoms with Gasteiger partial charge in [0.25, 0.3) is 10.0 Å². The molecule has 0 aliphatic heterocycles. The lowest BCUT2D eigenvalue weighted by Crippen LogP contribution is -2.54. The van der Waals surface area contributed by atoms with Crippen LogP contribution < -0.4 is 9.62 Å². The number of carbonyl (C=O) groups is 2. The quantitative estimate of drug-likeness (QED) is 0.185. The van der Waals surface area contributed by atoms with Crippen LogP contribution in [0.5, 0.6) is 0 Å². The first-order valence-corrected chi connectivity index (χ1v) is 16.4. The average molecular weight is 632 g/mol. The standard InChI is InChI=1S/C35H38ClN3O4S/c1-4-27(3)37-35(41)33(22-28-14-8-5-9-15-28)38(24-29-16-10-6-11-17-29)34(40)25-39(30-21-20-26(2)32(36)23-30)44(42,43)31-18-12-7-13-19-31/h5-21,23,27,33H,4,22,24-25H2,1-3H3,(H,37,41)/t27-,33+/m0/s1. The van der Waals surface area contributed by atoms with Crippen LogP contribution in [0.1, 0.15) is 37.0 Å². The molecule has 0 spiro atoms. The molecule has 0 aliphatic carbocycles. The van der Waals surface area contributed by atoms with E-state index in [0.29, 0.717) is 11.4 Å². The summed E-state index contributed by atoms with van der Waals surface area (Å²) in [5, 5.41) is 3.42. The van der Waals surface area contributed by atoms with Crippen LogP contribution in [0.2, 0.25) is 5.02 Å². The molecule has 2 amide bonds. The maximum Gasteiger partial charge on any atom is 0.264 e. The molecule has 0 saturated heterocycles. The summed E-state index contributed by atoms with van der Waals surface area (Å²) in [6.45, 7) is 5.28. The van der Waals surface area contributed by atoms with Gasteiger partial charge in [0.1, 0.15) is 12.6 Å². The third kappa shape index (κ3) is 8.27. The molecule has 0 aromatic heterocycles. The molecule has 44 heavy (non-hydrogen) atoms. The van der Waals surface area contributed by atoms with Crippen molar-refractivity contribution < 1.29 is 18.0 Å². The Morgan fingerprint density at radius 3 is 1.98 bits per heavy atom. The number of hydrogen-bond donors (Lipinski definition) is 1. The lowest BCUT2D eigenvalue weighted by Gasteiger charge is -2.34. The number of aryl methyl sites for hydroxylation is 1. The average Bonchev–Trinajstić information content (AvgIpc) is 3.04. The Kier molecular flexibility index (Phi) is 11.2. The Bertz CT molecular complexity index is 1650. The molecular formula is C35H38ClN3O4S. The largest absolute Gasteiger partial charge is 0.352 e. The van der Waals surface area contributed by atoms with Gasteiger partial charge in [-0.3, -0.25) is 13.9 Å². The van der Waals surface area contributed by atoms with E-state index in [1.54, 1.807) is 36.4 Å². The lowest BCUT2D eigenvalue weighted by molar-refractivity contribution is -0.140. The number of nitrogens with one attached hydrogen (secondary N) is 1. The number of halogens is 1. The molecule has 0 bridgehead atoms. The number of benzene rings is 4. The van der Waals surface area contributed by atoms with Crippen molar-refractivity contribution in [3.8, 4) is 0 Å². The molecule has 4 rings (SSSR count). The van der Waals surface area contributed by atoms with E-state index in [0.717, 1.165) is 21.0 Å². The fourth-order valence-electron chi connectivity index (χ4n) is 4.76. The number of nitrogens with zero attached hydrogens (tertiary/aromatic N) is 2. The Balaban J connectivity index is 1.80. The number of anilines is 1. The molecule has 4 aromatic rings. The van der Waals surface area contributed by atoms with Crippen molar-refractivity contribution in [1.82, 2.24) is 10.2 Å². The molecule has 9 heteroatoms. The molecule has 1 N–H and O–H groups in total. The van der Waals surface area contributed by atoms with Crippen LogP contribution in [0.15, 0.2) is 114 Å². The van der Waals surface area contributed by atoms with E-state index in [2.05, 4.69) is 5.32 Å². The molecular weight excluding hydrogens is 594 g/mol. The Morgan fingerprint density at radius 2 is 1.41 bits per heavy atom. The molecule has 0 saturated carbocycles. The summed E-state index contributed by atoms with van der Waals surface area (Å²) in [6.07, 6.45) is 0.969. The fourth-order valence-corrected chi connectivity index (χ4v) is 6.36. The minimum atomic E-state index is -4.19. The van der Waals surface area contributed by atoms with E-state index in [1.807, 2.05) is 81.4 Å². The maximum absolute atomic E-state index is 14.5. The first-order chi connectivity index (χ1) is 21.1. The van der Waals surface area contributed by atoms with Gasteiger partial charge in [-0.25, -0.2) is 8.42 Å². The van der Waals surface area contributed by atoms with E-state index in [1.165, 1.54) is 17.0 Å². The predicted molar refractivity (Wildman–Crippen MR) is 176 cm³/mol.